The summed E-state index contributed by atoms with van der Waals surface area (Å²) in [6.45, 7) is 4.83. The van der Waals surface area contributed by atoms with Crippen LogP contribution in [0.5, 0.6) is 0 Å². The molecule has 11 heteroatoms. The van der Waals surface area contributed by atoms with Gasteiger partial charge in [-0.05, 0) is 49.6 Å². The SMILES string of the molecule is CCS(=O)(=O)c1cnc(Cl)c(C2=CCC(C)(S(=O)(=O)n3ccc4cc[nH]c(=O)c43)C(C)=C2)c1. The number of aromatic nitrogens is 3. The number of rotatable bonds is 5. The fourth-order valence-corrected chi connectivity index (χ4v) is 6.76. The van der Waals surface area contributed by atoms with Gasteiger partial charge in [0.2, 0.25) is 10.0 Å². The molecule has 4 rings (SSSR count). The lowest BCUT2D eigenvalue weighted by molar-refractivity contribution is 0.547. The zero-order valence-corrected chi connectivity index (χ0v) is 20.6. The van der Waals surface area contributed by atoms with Crippen molar-refractivity contribution in [1.29, 1.82) is 0 Å². The molecule has 3 heterocycles. The molecule has 3 aromatic heterocycles. The first-order valence-corrected chi connectivity index (χ1v) is 13.6. The van der Waals surface area contributed by atoms with E-state index in [2.05, 4.69) is 9.97 Å². The molecule has 0 aromatic carbocycles. The second-order valence-electron chi connectivity index (χ2n) is 8.06. The maximum Gasteiger partial charge on any atom is 0.273 e. The number of pyridine rings is 2. The van der Waals surface area contributed by atoms with Crippen molar-refractivity contribution in [3.8, 4) is 0 Å². The van der Waals surface area contributed by atoms with E-state index in [0.29, 0.717) is 22.1 Å². The third-order valence-corrected chi connectivity index (χ3v) is 10.6. The topological polar surface area (TPSA) is 119 Å². The van der Waals surface area contributed by atoms with Crippen LogP contribution in [0.15, 0.2) is 64.2 Å². The molecular formula is C22H22ClN3O5S2. The van der Waals surface area contributed by atoms with Crippen LogP contribution in [0.3, 0.4) is 0 Å². The maximum absolute atomic E-state index is 13.7. The largest absolute Gasteiger partial charge is 0.327 e. The van der Waals surface area contributed by atoms with Gasteiger partial charge in [0, 0.05) is 29.5 Å². The first-order chi connectivity index (χ1) is 15.4. The predicted octanol–water partition coefficient (Wildman–Crippen LogP) is 3.54. The van der Waals surface area contributed by atoms with Crippen LogP contribution in [0.4, 0.5) is 0 Å². The fourth-order valence-electron chi connectivity index (χ4n) is 3.86. The first-order valence-electron chi connectivity index (χ1n) is 10.1. The molecule has 174 valence electrons. The Hall–Kier alpha value is -2.69. The lowest BCUT2D eigenvalue weighted by Crippen LogP contribution is -2.41. The zero-order valence-electron chi connectivity index (χ0n) is 18.2. The minimum atomic E-state index is -4.03. The second-order valence-corrected chi connectivity index (χ2v) is 12.9. The number of aromatic amines is 1. The Bertz CT molecular complexity index is 1610. The van der Waals surface area contributed by atoms with Crippen molar-refractivity contribution in [2.45, 2.75) is 36.8 Å². The van der Waals surface area contributed by atoms with Crippen LogP contribution >= 0.6 is 11.6 Å². The van der Waals surface area contributed by atoms with E-state index in [9.17, 15) is 21.6 Å². The number of H-pyrrole nitrogens is 1. The summed E-state index contributed by atoms with van der Waals surface area (Å²) in [6, 6.07) is 4.68. The van der Waals surface area contributed by atoms with Crippen molar-refractivity contribution >= 4 is 47.9 Å². The van der Waals surface area contributed by atoms with Crippen LogP contribution < -0.4 is 5.56 Å². The Labute approximate surface area is 196 Å². The van der Waals surface area contributed by atoms with Gasteiger partial charge >= 0.3 is 0 Å². The molecule has 8 nitrogen and oxygen atoms in total. The third-order valence-electron chi connectivity index (χ3n) is 6.19. The summed E-state index contributed by atoms with van der Waals surface area (Å²) in [5.74, 6) is -0.0794. The van der Waals surface area contributed by atoms with Crippen molar-refractivity contribution in [3.63, 3.8) is 0 Å². The highest BCUT2D eigenvalue weighted by molar-refractivity contribution is 7.91. The molecule has 0 bridgehead atoms. The van der Waals surface area contributed by atoms with E-state index in [1.54, 1.807) is 45.1 Å². The van der Waals surface area contributed by atoms with Gasteiger partial charge in [0.1, 0.15) is 15.4 Å². The molecule has 0 saturated heterocycles. The summed E-state index contributed by atoms with van der Waals surface area (Å²) in [6.07, 6.45) is 7.53. The molecule has 1 unspecified atom stereocenters. The summed E-state index contributed by atoms with van der Waals surface area (Å²) < 4.78 is 51.7. The molecular weight excluding hydrogens is 486 g/mol. The highest BCUT2D eigenvalue weighted by Gasteiger charge is 2.43. The molecule has 1 atom stereocenters. The van der Waals surface area contributed by atoms with E-state index in [1.807, 2.05) is 0 Å². The lowest BCUT2D eigenvalue weighted by Gasteiger charge is -2.33. The van der Waals surface area contributed by atoms with Gasteiger partial charge in [-0.1, -0.05) is 30.7 Å². The number of hydrogen-bond donors (Lipinski definition) is 1. The number of fused-ring (bicyclic) bond motifs is 1. The normalized spacial score (nSPS) is 19.4. The van der Waals surface area contributed by atoms with Crippen LogP contribution in [0.1, 0.15) is 32.8 Å². The Morgan fingerprint density at radius 1 is 1.24 bits per heavy atom. The van der Waals surface area contributed by atoms with Crippen molar-refractivity contribution in [1.82, 2.24) is 13.9 Å². The van der Waals surface area contributed by atoms with Crippen molar-refractivity contribution < 1.29 is 16.8 Å². The van der Waals surface area contributed by atoms with E-state index >= 15 is 0 Å². The predicted molar refractivity (Wildman–Crippen MR) is 129 cm³/mol. The monoisotopic (exact) mass is 507 g/mol. The summed E-state index contributed by atoms with van der Waals surface area (Å²) in [5, 5.41) is 0.640. The van der Waals surface area contributed by atoms with Gasteiger partial charge in [-0.3, -0.25) is 4.79 Å². The van der Waals surface area contributed by atoms with Crippen molar-refractivity contribution in [2.75, 3.05) is 5.75 Å². The van der Waals surface area contributed by atoms with Gasteiger partial charge in [0.15, 0.2) is 9.84 Å². The Morgan fingerprint density at radius 2 is 1.97 bits per heavy atom. The Kier molecular flexibility index (Phi) is 5.66. The van der Waals surface area contributed by atoms with Crippen LogP contribution in [0.2, 0.25) is 5.15 Å². The molecule has 0 fully saturated rings. The van der Waals surface area contributed by atoms with Gasteiger partial charge in [-0.25, -0.2) is 25.8 Å². The van der Waals surface area contributed by atoms with Crippen molar-refractivity contribution in [3.05, 3.63) is 75.6 Å². The highest BCUT2D eigenvalue weighted by Crippen LogP contribution is 2.40. The molecule has 3 aromatic rings. The lowest BCUT2D eigenvalue weighted by atomic mass is 9.88. The fraction of sp³-hybridized carbons (Fsp3) is 0.273. The van der Waals surface area contributed by atoms with E-state index in [-0.39, 0.29) is 27.7 Å². The van der Waals surface area contributed by atoms with Gasteiger partial charge in [0.25, 0.3) is 5.56 Å². The maximum atomic E-state index is 13.7. The number of nitrogens with one attached hydrogen (secondary N) is 1. The second kappa shape index (κ2) is 7.96. The first kappa shape index (κ1) is 23.5. The number of allylic oxidation sites excluding steroid dienone is 3. The number of hydrogen-bond acceptors (Lipinski definition) is 6. The quantitative estimate of drug-likeness (QED) is 0.527. The third kappa shape index (κ3) is 3.66. The minimum absolute atomic E-state index is 0.0512. The Balaban J connectivity index is 1.79. The molecule has 0 spiro atoms. The average Bonchev–Trinajstić information content (AvgIpc) is 3.22. The summed E-state index contributed by atoms with van der Waals surface area (Å²) in [7, 11) is -7.52. The zero-order chi connectivity index (χ0) is 24.2. The molecule has 1 aliphatic rings. The van der Waals surface area contributed by atoms with Crippen LogP contribution in [0.25, 0.3) is 16.5 Å². The van der Waals surface area contributed by atoms with Crippen molar-refractivity contribution in [2.24, 2.45) is 0 Å². The average molecular weight is 508 g/mol. The number of sulfone groups is 1. The van der Waals surface area contributed by atoms with Crippen LogP contribution in [-0.2, 0) is 19.9 Å². The minimum Gasteiger partial charge on any atom is -0.327 e. The Morgan fingerprint density at radius 3 is 2.64 bits per heavy atom. The van der Waals surface area contributed by atoms with Crippen LogP contribution in [0, 0.1) is 0 Å². The standard InChI is InChI=1S/C22H22ClN3O5S2/c1-4-32(28,29)17-12-18(20(23)25-13-17)16-5-8-22(3,14(2)11-16)33(30,31)26-10-7-15-6-9-24-21(27)19(15)26/h5-7,9-13H,4,8H2,1-3H3,(H,24,27). The number of halogens is 1. The van der Waals surface area contributed by atoms with E-state index < -0.39 is 30.2 Å². The van der Waals surface area contributed by atoms with Crippen LogP contribution in [-0.4, -0.2) is 41.3 Å². The molecule has 0 radical (unpaired) electrons. The van der Waals surface area contributed by atoms with Gasteiger partial charge in [0.05, 0.1) is 10.6 Å². The van der Waals surface area contributed by atoms with E-state index in [4.69, 9.17) is 11.6 Å². The molecule has 33 heavy (non-hydrogen) atoms. The van der Waals surface area contributed by atoms with E-state index in [0.717, 1.165) is 3.97 Å². The molecule has 0 saturated carbocycles. The molecule has 1 aliphatic carbocycles. The molecule has 0 aliphatic heterocycles. The molecule has 0 amide bonds. The highest BCUT2D eigenvalue weighted by atomic mass is 35.5. The number of nitrogens with zero attached hydrogens (tertiary/aromatic N) is 2. The molecule has 1 N–H and O–H groups in total. The summed E-state index contributed by atoms with van der Waals surface area (Å²) in [5.41, 5.74) is 1.08. The van der Waals surface area contributed by atoms with Gasteiger partial charge in [-0.15, -0.1) is 0 Å². The smallest absolute Gasteiger partial charge is 0.273 e. The van der Waals surface area contributed by atoms with Gasteiger partial charge < -0.3 is 4.98 Å². The summed E-state index contributed by atoms with van der Waals surface area (Å²) in [4.78, 5) is 18.9. The van der Waals surface area contributed by atoms with Gasteiger partial charge in [-0.2, -0.15) is 0 Å². The van der Waals surface area contributed by atoms with E-state index in [1.165, 1.54) is 24.7 Å². The summed E-state index contributed by atoms with van der Waals surface area (Å²) >= 11 is 6.26.